The lowest BCUT2D eigenvalue weighted by molar-refractivity contribution is -0.600. The van der Waals surface area contributed by atoms with Gasteiger partial charge in [-0.2, -0.15) is 4.57 Å². The van der Waals surface area contributed by atoms with Crippen LogP contribution in [-0.4, -0.2) is 9.85 Å². The number of benzene rings is 1. The fourth-order valence-electron chi connectivity index (χ4n) is 4.70. The zero-order valence-electron chi connectivity index (χ0n) is 21.9. The van der Waals surface area contributed by atoms with Crippen LogP contribution in [0.1, 0.15) is 0 Å². The molecule has 0 unspecified atom stereocenters. The Hall–Kier alpha value is -4.33. The Labute approximate surface area is 265 Å². The molecule has 0 atom stereocenters. The highest BCUT2D eigenvalue weighted by Gasteiger charge is 2.26. The second kappa shape index (κ2) is 11.4. The smallest absolute Gasteiger partial charge is 0.258 e. The van der Waals surface area contributed by atoms with Crippen LogP contribution < -0.4 is 4.57 Å². The van der Waals surface area contributed by atoms with Crippen LogP contribution >= 0.6 is 56.7 Å². The molecule has 0 spiro atoms. The first kappa shape index (κ1) is 27.5. The molecule has 1 aromatic carbocycles. The Bertz CT molecular complexity index is 2090. The first-order chi connectivity index (χ1) is 20.9. The van der Waals surface area contributed by atoms with E-state index in [1.54, 1.807) is 73.6 Å². The van der Waals surface area contributed by atoms with Crippen LogP contribution in [0, 0.1) is 20.2 Å². The Kier molecular flexibility index (Phi) is 7.29. The lowest BCUT2D eigenvalue weighted by Crippen LogP contribution is -2.30. The number of pyridine rings is 1. The number of hydrogen-bond donors (Lipinski definition) is 0. The van der Waals surface area contributed by atoms with Gasteiger partial charge in [-0.15, -0.1) is 56.7 Å². The molecule has 0 bridgehead atoms. The molecule has 7 aromatic rings. The largest absolute Gasteiger partial charge is 0.347 e. The number of rotatable bonds is 8. The minimum absolute atomic E-state index is 0.256. The van der Waals surface area contributed by atoms with E-state index in [-0.39, 0.29) is 17.1 Å². The second-order valence-electron chi connectivity index (χ2n) is 9.32. The average molecular weight is 657 g/mol. The van der Waals surface area contributed by atoms with Crippen molar-refractivity contribution in [3.63, 3.8) is 0 Å². The minimum Gasteiger partial charge on any atom is -0.258 e. The first-order valence-electron chi connectivity index (χ1n) is 12.8. The van der Waals surface area contributed by atoms with Crippen LogP contribution in [0.3, 0.4) is 0 Å². The van der Waals surface area contributed by atoms with Crippen molar-refractivity contribution in [2.45, 2.75) is 0 Å². The zero-order chi connectivity index (χ0) is 29.5. The Morgan fingerprint density at radius 3 is 1.77 bits per heavy atom. The monoisotopic (exact) mass is 656 g/mol. The third kappa shape index (κ3) is 5.35. The zero-order valence-corrected chi connectivity index (χ0v) is 26.0. The van der Waals surface area contributed by atoms with Gasteiger partial charge in [0, 0.05) is 64.0 Å². The molecule has 0 aliphatic rings. The van der Waals surface area contributed by atoms with E-state index in [4.69, 9.17) is 0 Å². The minimum atomic E-state index is -0.633. The maximum absolute atomic E-state index is 11.7. The number of non-ortho nitro benzene ring substituents is 1. The molecule has 0 aliphatic heterocycles. The van der Waals surface area contributed by atoms with Gasteiger partial charge in [0.25, 0.3) is 11.4 Å². The third-order valence-corrected chi connectivity index (χ3v) is 12.5. The van der Waals surface area contributed by atoms with Gasteiger partial charge in [0.15, 0.2) is 12.4 Å². The molecule has 7 nitrogen and oxygen atoms in total. The predicted octanol–water partition coefficient (Wildman–Crippen LogP) is 10.4. The molecule has 210 valence electrons. The fourth-order valence-corrected chi connectivity index (χ4v) is 9.77. The van der Waals surface area contributed by atoms with Crippen LogP contribution in [0.2, 0.25) is 0 Å². The molecule has 0 amide bonds. The van der Waals surface area contributed by atoms with Gasteiger partial charge in [-0.3, -0.25) is 20.2 Å². The van der Waals surface area contributed by atoms with Crippen molar-refractivity contribution in [3.8, 4) is 55.8 Å². The topological polar surface area (TPSA) is 90.2 Å². The summed E-state index contributed by atoms with van der Waals surface area (Å²) in [5, 5.41) is 27.1. The summed E-state index contributed by atoms with van der Waals surface area (Å²) in [6, 6.07) is 26.9. The number of nitro benzene ring substituents is 2. The lowest BCUT2D eigenvalue weighted by atomic mass is 10.1. The molecule has 0 aliphatic carbocycles. The molecule has 0 saturated carbocycles. The summed E-state index contributed by atoms with van der Waals surface area (Å²) in [6.07, 6.45) is 3.52. The van der Waals surface area contributed by atoms with Crippen molar-refractivity contribution in [1.29, 1.82) is 0 Å². The van der Waals surface area contributed by atoms with Crippen molar-refractivity contribution >= 4 is 68.1 Å². The summed E-state index contributed by atoms with van der Waals surface area (Å²) in [5.74, 6) is 0. The predicted molar refractivity (Wildman–Crippen MR) is 178 cm³/mol. The van der Waals surface area contributed by atoms with E-state index in [0.29, 0.717) is 0 Å². The van der Waals surface area contributed by atoms with Crippen molar-refractivity contribution in [1.82, 2.24) is 0 Å². The summed E-state index contributed by atoms with van der Waals surface area (Å²) in [4.78, 5) is 31.3. The molecular formula is C31H18N3O4S5+. The molecule has 0 N–H and O–H groups in total. The molecule has 6 aromatic heterocycles. The highest BCUT2D eigenvalue weighted by atomic mass is 32.1. The van der Waals surface area contributed by atoms with E-state index in [1.807, 2.05) is 12.1 Å². The van der Waals surface area contributed by atoms with Crippen molar-refractivity contribution in [2.24, 2.45) is 0 Å². The molecule has 0 saturated heterocycles. The second-order valence-corrected chi connectivity index (χ2v) is 14.4. The maximum Gasteiger partial charge on any atom is 0.347 e. The normalized spacial score (nSPS) is 11.2. The van der Waals surface area contributed by atoms with Crippen LogP contribution in [0.4, 0.5) is 11.4 Å². The van der Waals surface area contributed by atoms with Crippen LogP contribution in [0.15, 0.2) is 108 Å². The third-order valence-electron chi connectivity index (χ3n) is 6.72. The molecule has 43 heavy (non-hydrogen) atoms. The molecule has 7 rings (SSSR count). The Morgan fingerprint density at radius 1 is 0.581 bits per heavy atom. The molecule has 0 fully saturated rings. The highest BCUT2D eigenvalue weighted by Crippen LogP contribution is 2.49. The molecule has 12 heteroatoms. The number of nitrogens with zero attached hydrogens (tertiary/aromatic N) is 3. The van der Waals surface area contributed by atoms with Gasteiger partial charge in [-0.05, 0) is 58.8 Å². The van der Waals surface area contributed by atoms with Gasteiger partial charge < -0.3 is 0 Å². The molecular weight excluding hydrogens is 639 g/mol. The summed E-state index contributed by atoms with van der Waals surface area (Å²) >= 11 is 8.75. The van der Waals surface area contributed by atoms with Gasteiger partial charge in [0.1, 0.15) is 6.07 Å². The highest BCUT2D eigenvalue weighted by molar-refractivity contribution is 7.29. The standard InChI is InChI=1S/C31H18N3O4S5/c35-33(36)20-5-6-22(23(17-20)34(37)38)32-13-11-19(12-14-32)21-18-30(28-8-7-26(41-28)24-3-1-15-39-24)43-31(21)29-10-9-27(42-29)25-4-2-16-40-25/h1-18H/q+1. The summed E-state index contributed by atoms with van der Waals surface area (Å²) < 4.78 is 1.62. The van der Waals surface area contributed by atoms with Crippen molar-refractivity contribution in [3.05, 3.63) is 128 Å². The van der Waals surface area contributed by atoms with E-state index in [9.17, 15) is 20.2 Å². The van der Waals surface area contributed by atoms with Gasteiger partial charge in [0.2, 0.25) is 0 Å². The van der Waals surface area contributed by atoms with E-state index in [1.165, 1.54) is 46.3 Å². The number of nitro groups is 2. The van der Waals surface area contributed by atoms with Crippen LogP contribution in [-0.2, 0) is 0 Å². The average Bonchev–Trinajstić information content (AvgIpc) is 3.85. The SMILES string of the molecule is O=[N+]([O-])c1ccc(-[n+]2ccc(-c3cc(-c4ccc(-c5cccs5)s4)sc3-c3ccc(-c4cccs4)s3)cc2)c([N+](=O)[O-])c1. The Morgan fingerprint density at radius 2 is 1.19 bits per heavy atom. The maximum atomic E-state index is 11.7. The lowest BCUT2D eigenvalue weighted by Gasteiger charge is -2.03. The van der Waals surface area contributed by atoms with Crippen molar-refractivity contribution < 1.29 is 14.4 Å². The summed E-state index contributed by atoms with van der Waals surface area (Å²) in [5.41, 5.74) is 1.66. The quantitative estimate of drug-likeness (QED) is 0.0925. The fraction of sp³-hybridized carbons (Fsp3) is 0. The van der Waals surface area contributed by atoms with Gasteiger partial charge in [-0.1, -0.05) is 12.1 Å². The van der Waals surface area contributed by atoms with Crippen molar-refractivity contribution in [2.75, 3.05) is 0 Å². The number of hydrogen-bond acceptors (Lipinski definition) is 9. The van der Waals surface area contributed by atoms with Gasteiger partial charge in [0.05, 0.1) is 14.7 Å². The van der Waals surface area contributed by atoms with Crippen LogP contribution in [0.5, 0.6) is 0 Å². The summed E-state index contributed by atoms with van der Waals surface area (Å²) in [6.45, 7) is 0. The Balaban J connectivity index is 1.30. The van der Waals surface area contributed by atoms with Gasteiger partial charge >= 0.3 is 5.69 Å². The van der Waals surface area contributed by atoms with E-state index >= 15 is 0 Å². The van der Waals surface area contributed by atoms with E-state index in [2.05, 4.69) is 65.4 Å². The van der Waals surface area contributed by atoms with E-state index in [0.717, 1.165) is 22.1 Å². The molecule has 0 radical (unpaired) electrons. The van der Waals surface area contributed by atoms with Gasteiger partial charge in [-0.25, -0.2) is 0 Å². The first-order valence-corrected chi connectivity index (χ1v) is 17.0. The van der Waals surface area contributed by atoms with E-state index < -0.39 is 9.85 Å². The number of aromatic nitrogens is 1. The summed E-state index contributed by atoms with van der Waals surface area (Å²) in [7, 11) is 0. The molecule has 6 heterocycles. The number of thiophene rings is 5. The van der Waals surface area contributed by atoms with Crippen LogP contribution in [0.25, 0.3) is 55.8 Å².